The predicted molar refractivity (Wildman–Crippen MR) is 90.3 cm³/mol. The zero-order chi connectivity index (χ0) is 16.7. The molecule has 2 rings (SSSR count). The van der Waals surface area contributed by atoms with E-state index in [9.17, 15) is 9.90 Å². The molecule has 0 fully saturated rings. The Morgan fingerprint density at radius 2 is 1.78 bits per heavy atom. The number of ether oxygens (including phenoxy) is 1. The number of hydrogen-bond acceptors (Lipinski definition) is 3. The van der Waals surface area contributed by atoms with Gasteiger partial charge in [0, 0.05) is 6.54 Å². The fraction of sp³-hybridized carbons (Fsp3) is 0.316. The summed E-state index contributed by atoms with van der Waals surface area (Å²) in [5.41, 5.74) is 0.612. The number of nitrogens with one attached hydrogen (secondary N) is 1. The summed E-state index contributed by atoms with van der Waals surface area (Å²) in [6, 6.07) is 17.0. The molecular formula is C19H23NO3. The second-order valence-corrected chi connectivity index (χ2v) is 5.73. The molecule has 2 N–H and O–H groups in total. The molecule has 0 saturated heterocycles. The lowest BCUT2D eigenvalue weighted by atomic mass is 9.92. The van der Waals surface area contributed by atoms with Crippen molar-refractivity contribution >= 4 is 5.91 Å². The van der Waals surface area contributed by atoms with Crippen LogP contribution in [0.3, 0.4) is 0 Å². The van der Waals surface area contributed by atoms with E-state index in [-0.39, 0.29) is 12.3 Å². The van der Waals surface area contributed by atoms with Crippen LogP contribution in [0.4, 0.5) is 0 Å². The van der Waals surface area contributed by atoms with Gasteiger partial charge in [0.25, 0.3) is 0 Å². The SMILES string of the molecule is COc1ccccc1CCNC(=O)CC(C)(O)c1ccccc1. The van der Waals surface area contributed by atoms with E-state index in [1.54, 1.807) is 14.0 Å². The zero-order valence-corrected chi connectivity index (χ0v) is 13.6. The van der Waals surface area contributed by atoms with E-state index in [0.717, 1.165) is 16.9 Å². The Balaban J connectivity index is 1.86. The molecule has 0 saturated carbocycles. The first-order valence-electron chi connectivity index (χ1n) is 7.69. The minimum Gasteiger partial charge on any atom is -0.496 e. The molecule has 122 valence electrons. The zero-order valence-electron chi connectivity index (χ0n) is 13.6. The molecule has 4 nitrogen and oxygen atoms in total. The van der Waals surface area contributed by atoms with Crippen molar-refractivity contribution in [2.24, 2.45) is 0 Å². The number of rotatable bonds is 7. The standard InChI is InChI=1S/C19H23NO3/c1-19(22,16-9-4-3-5-10-16)14-18(21)20-13-12-15-8-6-7-11-17(15)23-2/h3-11,22H,12-14H2,1-2H3,(H,20,21). The summed E-state index contributed by atoms with van der Waals surface area (Å²) in [6.45, 7) is 2.16. The number of benzene rings is 2. The van der Waals surface area contributed by atoms with Gasteiger partial charge in [-0.1, -0.05) is 48.5 Å². The van der Waals surface area contributed by atoms with Crippen molar-refractivity contribution in [3.8, 4) is 5.75 Å². The minimum atomic E-state index is -1.17. The number of carbonyl (C=O) groups excluding carboxylic acids is 1. The molecule has 0 spiro atoms. The summed E-state index contributed by atoms with van der Waals surface area (Å²) >= 11 is 0. The van der Waals surface area contributed by atoms with Gasteiger partial charge in [-0.2, -0.15) is 0 Å². The summed E-state index contributed by atoms with van der Waals surface area (Å²) in [6.07, 6.45) is 0.714. The summed E-state index contributed by atoms with van der Waals surface area (Å²) in [5, 5.41) is 13.3. The molecule has 2 aromatic rings. The van der Waals surface area contributed by atoms with E-state index in [2.05, 4.69) is 5.32 Å². The van der Waals surface area contributed by atoms with Gasteiger partial charge in [-0.05, 0) is 30.5 Å². The van der Waals surface area contributed by atoms with Crippen LogP contribution in [-0.4, -0.2) is 24.7 Å². The summed E-state index contributed by atoms with van der Waals surface area (Å²) in [5.74, 6) is 0.645. The number of carbonyl (C=O) groups is 1. The number of hydrogen-bond donors (Lipinski definition) is 2. The van der Waals surface area contributed by atoms with E-state index in [0.29, 0.717) is 13.0 Å². The van der Waals surface area contributed by atoms with E-state index >= 15 is 0 Å². The number of aliphatic hydroxyl groups is 1. The summed E-state index contributed by atoms with van der Waals surface area (Å²) < 4.78 is 5.29. The van der Waals surface area contributed by atoms with E-state index in [4.69, 9.17) is 4.74 Å². The van der Waals surface area contributed by atoms with Crippen molar-refractivity contribution in [2.75, 3.05) is 13.7 Å². The first-order valence-corrected chi connectivity index (χ1v) is 7.69. The maximum atomic E-state index is 12.1. The number of methoxy groups -OCH3 is 1. The van der Waals surface area contributed by atoms with Gasteiger partial charge in [0.1, 0.15) is 5.75 Å². The predicted octanol–water partition coefficient (Wildman–Crippen LogP) is 2.65. The fourth-order valence-corrected chi connectivity index (χ4v) is 2.52. The molecule has 0 aliphatic heterocycles. The Hall–Kier alpha value is -2.33. The van der Waals surface area contributed by atoms with Gasteiger partial charge < -0.3 is 15.2 Å². The molecule has 23 heavy (non-hydrogen) atoms. The van der Waals surface area contributed by atoms with Crippen LogP contribution >= 0.6 is 0 Å². The third-order valence-corrected chi connectivity index (χ3v) is 3.81. The maximum absolute atomic E-state index is 12.1. The molecular weight excluding hydrogens is 290 g/mol. The molecule has 1 unspecified atom stereocenters. The van der Waals surface area contributed by atoms with Gasteiger partial charge in [-0.15, -0.1) is 0 Å². The van der Waals surface area contributed by atoms with Crippen LogP contribution in [0.1, 0.15) is 24.5 Å². The van der Waals surface area contributed by atoms with Crippen molar-refractivity contribution in [1.82, 2.24) is 5.32 Å². The lowest BCUT2D eigenvalue weighted by molar-refractivity contribution is -0.125. The quantitative estimate of drug-likeness (QED) is 0.826. The molecule has 4 heteroatoms. The normalized spacial score (nSPS) is 13.2. The lowest BCUT2D eigenvalue weighted by Gasteiger charge is -2.23. The highest BCUT2D eigenvalue weighted by atomic mass is 16.5. The van der Waals surface area contributed by atoms with Crippen LogP contribution in [0.25, 0.3) is 0 Å². The molecule has 0 radical (unpaired) electrons. The van der Waals surface area contributed by atoms with Crippen molar-refractivity contribution in [2.45, 2.75) is 25.4 Å². The van der Waals surface area contributed by atoms with Crippen LogP contribution in [0, 0.1) is 0 Å². The Labute approximate surface area is 137 Å². The Bertz CT molecular complexity index is 638. The Morgan fingerprint density at radius 1 is 1.13 bits per heavy atom. The highest BCUT2D eigenvalue weighted by Crippen LogP contribution is 2.24. The van der Waals surface area contributed by atoms with Crippen molar-refractivity contribution in [3.05, 3.63) is 65.7 Å². The summed E-state index contributed by atoms with van der Waals surface area (Å²) in [4.78, 5) is 12.1. The minimum absolute atomic E-state index is 0.0307. The molecule has 0 aromatic heterocycles. The van der Waals surface area contributed by atoms with Crippen LogP contribution in [-0.2, 0) is 16.8 Å². The number of para-hydroxylation sites is 1. The molecule has 0 aliphatic rings. The molecule has 0 bridgehead atoms. The maximum Gasteiger partial charge on any atom is 0.223 e. The highest BCUT2D eigenvalue weighted by Gasteiger charge is 2.26. The van der Waals surface area contributed by atoms with Gasteiger partial charge in [0.15, 0.2) is 0 Å². The molecule has 1 amide bonds. The average molecular weight is 313 g/mol. The van der Waals surface area contributed by atoms with Crippen LogP contribution in [0.15, 0.2) is 54.6 Å². The lowest BCUT2D eigenvalue weighted by Crippen LogP contribution is -2.33. The number of amides is 1. The van der Waals surface area contributed by atoms with Gasteiger partial charge in [-0.3, -0.25) is 4.79 Å². The monoisotopic (exact) mass is 313 g/mol. The average Bonchev–Trinajstić information content (AvgIpc) is 2.55. The third-order valence-electron chi connectivity index (χ3n) is 3.81. The largest absolute Gasteiger partial charge is 0.496 e. The van der Waals surface area contributed by atoms with Crippen LogP contribution in [0.5, 0.6) is 5.75 Å². The van der Waals surface area contributed by atoms with Crippen LogP contribution in [0.2, 0.25) is 0 Å². The third kappa shape index (κ3) is 4.83. The van der Waals surface area contributed by atoms with Gasteiger partial charge in [0.05, 0.1) is 19.1 Å². The molecule has 2 aromatic carbocycles. The summed E-state index contributed by atoms with van der Waals surface area (Å²) in [7, 11) is 1.63. The molecule has 0 aliphatic carbocycles. The smallest absolute Gasteiger partial charge is 0.223 e. The Kier molecular flexibility index (Phi) is 5.77. The topological polar surface area (TPSA) is 58.6 Å². The molecule has 0 heterocycles. The van der Waals surface area contributed by atoms with E-state index in [1.807, 2.05) is 54.6 Å². The van der Waals surface area contributed by atoms with Crippen molar-refractivity contribution in [3.63, 3.8) is 0 Å². The molecule has 1 atom stereocenters. The van der Waals surface area contributed by atoms with Gasteiger partial charge in [-0.25, -0.2) is 0 Å². The van der Waals surface area contributed by atoms with E-state index < -0.39 is 5.60 Å². The second-order valence-electron chi connectivity index (χ2n) is 5.73. The fourth-order valence-electron chi connectivity index (χ4n) is 2.52. The van der Waals surface area contributed by atoms with E-state index in [1.165, 1.54) is 0 Å². The van der Waals surface area contributed by atoms with Crippen molar-refractivity contribution in [1.29, 1.82) is 0 Å². The first-order chi connectivity index (χ1) is 11.0. The second kappa shape index (κ2) is 7.79. The van der Waals surface area contributed by atoms with Crippen molar-refractivity contribution < 1.29 is 14.6 Å². The Morgan fingerprint density at radius 3 is 2.48 bits per heavy atom. The first kappa shape index (κ1) is 17.0. The van der Waals surface area contributed by atoms with Gasteiger partial charge >= 0.3 is 0 Å². The highest BCUT2D eigenvalue weighted by molar-refractivity contribution is 5.77. The van der Waals surface area contributed by atoms with Gasteiger partial charge in [0.2, 0.25) is 5.91 Å². The van der Waals surface area contributed by atoms with Crippen LogP contribution < -0.4 is 10.1 Å².